The van der Waals surface area contributed by atoms with Crippen molar-refractivity contribution in [2.75, 3.05) is 0 Å². The topological polar surface area (TPSA) is 97.7 Å². The molecule has 1 heterocycles. The Morgan fingerprint density at radius 3 is 2.24 bits per heavy atom. The summed E-state index contributed by atoms with van der Waals surface area (Å²) in [4.78, 5) is 38.6. The van der Waals surface area contributed by atoms with Gasteiger partial charge in [-0.05, 0) is 65.3 Å². The highest BCUT2D eigenvalue weighted by molar-refractivity contribution is 5.98. The summed E-state index contributed by atoms with van der Waals surface area (Å²) in [5, 5.41) is 5.61. The molecular weight excluding hydrogens is 370 g/mol. The van der Waals surface area contributed by atoms with Crippen molar-refractivity contribution in [2.45, 2.75) is 19.4 Å². The van der Waals surface area contributed by atoms with E-state index in [1.54, 1.807) is 67.0 Å². The molecule has 3 rings (SSSR count). The highest BCUT2D eigenvalue weighted by Gasteiger charge is 2.10. The molecule has 1 amide bonds. The highest BCUT2D eigenvalue weighted by Crippen LogP contribution is 2.24. The number of Topliss-reactive ketones (excluding diaryl/α,β-unsaturated/α-hetero) is 1. The third-order valence-electron chi connectivity index (χ3n) is 4.15. The van der Waals surface area contributed by atoms with E-state index in [2.05, 4.69) is 15.5 Å². The average molecular weight is 389 g/mol. The number of benzene rings is 2. The molecule has 0 spiro atoms. The monoisotopic (exact) mass is 389 g/mol. The number of carbonyl (C=O) groups is 2. The first-order chi connectivity index (χ1) is 14.1. The lowest BCUT2D eigenvalue weighted by atomic mass is 10.1. The quantitative estimate of drug-likeness (QED) is 0.428. The summed E-state index contributed by atoms with van der Waals surface area (Å²) in [6, 6.07) is 16.7. The number of ether oxygens (including phenoxy) is 1. The zero-order valence-electron chi connectivity index (χ0n) is 15.6. The van der Waals surface area contributed by atoms with Crippen molar-refractivity contribution in [2.24, 2.45) is 5.18 Å². The summed E-state index contributed by atoms with van der Waals surface area (Å²) in [6.07, 6.45) is 3.59. The minimum Gasteiger partial charge on any atom is -0.457 e. The number of amides is 1. The van der Waals surface area contributed by atoms with Crippen molar-refractivity contribution >= 4 is 17.4 Å². The van der Waals surface area contributed by atoms with Gasteiger partial charge in [0.15, 0.2) is 5.78 Å². The number of ketones is 1. The molecule has 29 heavy (non-hydrogen) atoms. The minimum atomic E-state index is -0.185. The maximum Gasteiger partial charge on any atom is 0.220 e. The Bertz CT molecular complexity index is 971. The van der Waals surface area contributed by atoms with E-state index in [1.807, 2.05) is 6.07 Å². The summed E-state index contributed by atoms with van der Waals surface area (Å²) < 4.78 is 5.66. The van der Waals surface area contributed by atoms with Gasteiger partial charge in [-0.25, -0.2) is 0 Å². The van der Waals surface area contributed by atoms with Gasteiger partial charge >= 0.3 is 0 Å². The van der Waals surface area contributed by atoms with Crippen LogP contribution < -0.4 is 10.1 Å². The number of carbonyl (C=O) groups excluding carboxylic acids is 2. The Labute approximate surface area is 167 Å². The van der Waals surface area contributed by atoms with E-state index in [9.17, 15) is 14.5 Å². The molecule has 0 aliphatic carbocycles. The summed E-state index contributed by atoms with van der Waals surface area (Å²) in [5.74, 6) is 0.814. The van der Waals surface area contributed by atoms with Crippen molar-refractivity contribution in [3.63, 3.8) is 0 Å². The molecule has 0 saturated heterocycles. The van der Waals surface area contributed by atoms with Crippen LogP contribution in [-0.4, -0.2) is 16.7 Å². The third-order valence-corrected chi connectivity index (χ3v) is 4.15. The number of pyridine rings is 1. The van der Waals surface area contributed by atoms with Crippen molar-refractivity contribution in [1.29, 1.82) is 0 Å². The molecule has 2 aromatic carbocycles. The van der Waals surface area contributed by atoms with Gasteiger partial charge in [0.25, 0.3) is 0 Å². The molecule has 0 aliphatic rings. The van der Waals surface area contributed by atoms with Crippen LogP contribution in [0.5, 0.6) is 11.5 Å². The first-order valence-electron chi connectivity index (χ1n) is 9.04. The number of rotatable bonds is 9. The molecule has 1 aromatic heterocycles. The fourth-order valence-electron chi connectivity index (χ4n) is 2.58. The van der Waals surface area contributed by atoms with Crippen LogP contribution in [0.1, 0.15) is 28.8 Å². The first-order valence-corrected chi connectivity index (χ1v) is 9.04. The number of nitroso groups, excluding NO2 is 1. The largest absolute Gasteiger partial charge is 0.457 e. The van der Waals surface area contributed by atoms with Crippen LogP contribution in [0.2, 0.25) is 0 Å². The van der Waals surface area contributed by atoms with Crippen LogP contribution in [0, 0.1) is 4.91 Å². The Morgan fingerprint density at radius 1 is 0.931 bits per heavy atom. The van der Waals surface area contributed by atoms with Crippen LogP contribution in [0.4, 0.5) is 5.69 Å². The van der Waals surface area contributed by atoms with E-state index in [0.29, 0.717) is 29.3 Å². The highest BCUT2D eigenvalue weighted by atomic mass is 16.5. The summed E-state index contributed by atoms with van der Waals surface area (Å²) in [5.41, 5.74) is 1.74. The zero-order chi connectivity index (χ0) is 20.5. The van der Waals surface area contributed by atoms with Gasteiger partial charge in [-0.15, -0.1) is 4.91 Å². The zero-order valence-corrected chi connectivity index (χ0v) is 15.6. The van der Waals surface area contributed by atoms with E-state index >= 15 is 0 Å². The van der Waals surface area contributed by atoms with E-state index in [1.165, 1.54) is 0 Å². The van der Waals surface area contributed by atoms with Gasteiger partial charge in [0.2, 0.25) is 5.91 Å². The number of nitrogens with zero attached hydrogens (tertiary/aromatic N) is 2. The van der Waals surface area contributed by atoms with Gasteiger partial charge in [-0.2, -0.15) is 0 Å². The van der Waals surface area contributed by atoms with Crippen LogP contribution in [-0.2, 0) is 11.3 Å². The fourth-order valence-corrected chi connectivity index (χ4v) is 2.58. The lowest BCUT2D eigenvalue weighted by molar-refractivity contribution is -0.121. The molecule has 0 fully saturated rings. The molecule has 3 aromatic rings. The fraction of sp³-hybridized carbons (Fsp3) is 0.136. The Balaban J connectivity index is 1.46. The third kappa shape index (κ3) is 6.07. The second kappa shape index (κ2) is 9.89. The second-order valence-corrected chi connectivity index (χ2v) is 6.27. The number of aromatic nitrogens is 1. The molecule has 7 nitrogen and oxygen atoms in total. The molecule has 1 N–H and O–H groups in total. The van der Waals surface area contributed by atoms with Gasteiger partial charge in [0, 0.05) is 37.3 Å². The van der Waals surface area contributed by atoms with Gasteiger partial charge in [-0.1, -0.05) is 6.07 Å². The normalized spacial score (nSPS) is 10.2. The number of hydrogen-bond acceptors (Lipinski definition) is 6. The molecular formula is C22H19N3O4. The van der Waals surface area contributed by atoms with Crippen LogP contribution >= 0.6 is 0 Å². The van der Waals surface area contributed by atoms with E-state index in [-0.39, 0.29) is 24.5 Å². The van der Waals surface area contributed by atoms with Crippen molar-refractivity contribution in [3.05, 3.63) is 89.1 Å². The predicted octanol–water partition coefficient (Wildman–Crippen LogP) is 4.55. The number of hydrogen-bond donors (Lipinski definition) is 1. The Kier molecular flexibility index (Phi) is 6.78. The molecule has 7 heteroatoms. The van der Waals surface area contributed by atoms with Crippen molar-refractivity contribution < 1.29 is 14.3 Å². The van der Waals surface area contributed by atoms with E-state index < -0.39 is 0 Å². The lowest BCUT2D eigenvalue weighted by Crippen LogP contribution is -2.23. The molecule has 0 unspecified atom stereocenters. The SMILES string of the molecule is O=Nc1ccc(Oc2ccc(C(=O)CCC(=O)NCc3cccnc3)cc2)cc1. The maximum absolute atomic E-state index is 12.3. The van der Waals surface area contributed by atoms with Crippen molar-refractivity contribution in [1.82, 2.24) is 10.3 Å². The van der Waals surface area contributed by atoms with Gasteiger partial charge < -0.3 is 10.1 Å². The lowest BCUT2D eigenvalue weighted by Gasteiger charge is -2.07. The van der Waals surface area contributed by atoms with Gasteiger partial charge in [0.1, 0.15) is 17.2 Å². The Morgan fingerprint density at radius 2 is 1.62 bits per heavy atom. The predicted molar refractivity (Wildman–Crippen MR) is 108 cm³/mol. The average Bonchev–Trinajstić information content (AvgIpc) is 2.78. The van der Waals surface area contributed by atoms with Gasteiger partial charge in [0.05, 0.1) is 0 Å². The summed E-state index contributed by atoms with van der Waals surface area (Å²) in [7, 11) is 0. The van der Waals surface area contributed by atoms with E-state index in [0.717, 1.165) is 5.56 Å². The minimum absolute atomic E-state index is 0.116. The van der Waals surface area contributed by atoms with Crippen LogP contribution in [0.15, 0.2) is 78.2 Å². The molecule has 0 atom stereocenters. The first kappa shape index (κ1) is 19.9. The molecule has 0 saturated carbocycles. The summed E-state index contributed by atoms with van der Waals surface area (Å²) >= 11 is 0. The molecule has 0 radical (unpaired) electrons. The van der Waals surface area contributed by atoms with Gasteiger partial charge in [-0.3, -0.25) is 14.6 Å². The molecule has 0 aliphatic heterocycles. The van der Waals surface area contributed by atoms with Crippen molar-refractivity contribution in [3.8, 4) is 11.5 Å². The van der Waals surface area contributed by atoms with E-state index in [4.69, 9.17) is 4.74 Å². The smallest absolute Gasteiger partial charge is 0.220 e. The van der Waals surface area contributed by atoms with Crippen LogP contribution in [0.25, 0.3) is 0 Å². The molecule has 0 bridgehead atoms. The maximum atomic E-state index is 12.3. The number of nitrogens with one attached hydrogen (secondary N) is 1. The standard InChI is InChI=1S/C22H19N3O4/c26-21(11-12-22(27)24-15-16-2-1-13-23-14-16)17-3-7-19(8-4-17)29-20-9-5-18(25-28)6-10-20/h1-10,13-14H,11-12,15H2,(H,24,27). The second-order valence-electron chi connectivity index (χ2n) is 6.27. The summed E-state index contributed by atoms with van der Waals surface area (Å²) in [6.45, 7) is 0.386. The Hall–Kier alpha value is -3.87. The molecule has 146 valence electrons. The van der Waals surface area contributed by atoms with Crippen LogP contribution in [0.3, 0.4) is 0 Å².